The molecule has 0 spiro atoms. The Morgan fingerprint density at radius 1 is 0.947 bits per heavy atom. The number of amides is 2. The smallest absolute Gasteiger partial charge is 0.319 e. The van der Waals surface area contributed by atoms with Crippen LogP contribution in [0.15, 0.2) is 36.4 Å². The van der Waals surface area contributed by atoms with Gasteiger partial charge in [-0.25, -0.2) is 4.79 Å². The molecule has 8 nitrogen and oxygen atoms in total. The zero-order valence-corrected chi connectivity index (χ0v) is 23.6. The van der Waals surface area contributed by atoms with Gasteiger partial charge < -0.3 is 29.6 Å². The van der Waals surface area contributed by atoms with Crippen molar-refractivity contribution >= 4 is 23.3 Å². The van der Waals surface area contributed by atoms with Crippen LogP contribution in [0.1, 0.15) is 31.2 Å². The van der Waals surface area contributed by atoms with Crippen LogP contribution in [-0.2, 0) is 11.2 Å². The maximum atomic E-state index is 13.1. The first-order chi connectivity index (χ1) is 18.4. The molecular formula is C29H40ClN3O5. The number of likely N-dealkylation sites (tertiary alicyclic amines) is 1. The average molecular weight is 546 g/mol. The lowest BCUT2D eigenvalue weighted by molar-refractivity contribution is 0.111. The van der Waals surface area contributed by atoms with Gasteiger partial charge in [0.05, 0.1) is 27.0 Å². The van der Waals surface area contributed by atoms with Gasteiger partial charge in [-0.15, -0.1) is 0 Å². The zero-order valence-electron chi connectivity index (χ0n) is 22.8. The molecule has 3 atom stereocenters. The molecule has 4 rings (SSSR count). The fourth-order valence-electron chi connectivity index (χ4n) is 5.98. The third kappa shape index (κ3) is 7.04. The number of hydrogen-bond donors (Lipinski definition) is 2. The molecule has 0 radical (unpaired) electrons. The number of nitrogens with one attached hydrogen (secondary N) is 2. The number of methoxy groups -OCH3 is 4. The van der Waals surface area contributed by atoms with E-state index in [2.05, 4.69) is 27.7 Å². The summed E-state index contributed by atoms with van der Waals surface area (Å²) in [6.07, 6.45) is 5.30. The number of benzene rings is 2. The summed E-state index contributed by atoms with van der Waals surface area (Å²) < 4.78 is 21.7. The van der Waals surface area contributed by atoms with E-state index in [1.54, 1.807) is 40.6 Å². The second kappa shape index (κ2) is 13.4. The van der Waals surface area contributed by atoms with Crippen molar-refractivity contribution in [1.29, 1.82) is 0 Å². The van der Waals surface area contributed by atoms with Crippen LogP contribution in [0.4, 0.5) is 10.5 Å². The number of urea groups is 1. The van der Waals surface area contributed by atoms with Gasteiger partial charge >= 0.3 is 6.03 Å². The second-order valence-electron chi connectivity index (χ2n) is 10.3. The molecule has 1 heterocycles. The van der Waals surface area contributed by atoms with Crippen molar-refractivity contribution in [2.75, 3.05) is 53.5 Å². The number of halogens is 1. The highest BCUT2D eigenvalue weighted by Crippen LogP contribution is 2.40. The Morgan fingerprint density at radius 3 is 2.18 bits per heavy atom. The van der Waals surface area contributed by atoms with Crippen LogP contribution in [0, 0.1) is 11.8 Å². The summed E-state index contributed by atoms with van der Waals surface area (Å²) in [7, 11) is 6.41. The summed E-state index contributed by atoms with van der Waals surface area (Å²) in [5, 5.41) is 6.98. The molecule has 1 aliphatic carbocycles. The lowest BCUT2D eigenvalue weighted by atomic mass is 9.89. The number of ether oxygens (including phenoxy) is 4. The largest absolute Gasteiger partial charge is 0.493 e. The summed E-state index contributed by atoms with van der Waals surface area (Å²) in [6, 6.07) is 11.8. The molecule has 2 aromatic rings. The van der Waals surface area contributed by atoms with E-state index in [1.165, 1.54) is 5.56 Å². The van der Waals surface area contributed by atoms with Gasteiger partial charge in [-0.05, 0) is 74.7 Å². The Morgan fingerprint density at radius 2 is 1.61 bits per heavy atom. The molecule has 9 heteroatoms. The first kappa shape index (κ1) is 28.3. The van der Waals surface area contributed by atoms with Crippen molar-refractivity contribution in [3.05, 3.63) is 47.0 Å². The van der Waals surface area contributed by atoms with Crippen LogP contribution in [0.3, 0.4) is 0 Å². The van der Waals surface area contributed by atoms with E-state index < -0.39 is 0 Å². The number of anilines is 1. The minimum absolute atomic E-state index is 0.0463. The molecule has 2 aliphatic rings. The van der Waals surface area contributed by atoms with E-state index in [0.29, 0.717) is 41.4 Å². The number of hydrogen-bond acceptors (Lipinski definition) is 6. The fraction of sp³-hybridized carbons (Fsp3) is 0.552. The molecule has 1 saturated carbocycles. The number of rotatable bonds is 10. The first-order valence-corrected chi connectivity index (χ1v) is 13.7. The molecule has 2 amide bonds. The van der Waals surface area contributed by atoms with Gasteiger partial charge in [-0.3, -0.25) is 4.90 Å². The molecule has 2 aromatic carbocycles. The van der Waals surface area contributed by atoms with E-state index in [4.69, 9.17) is 30.5 Å². The molecule has 1 saturated heterocycles. The zero-order chi connectivity index (χ0) is 27.1. The third-order valence-corrected chi connectivity index (χ3v) is 8.08. The second-order valence-corrected chi connectivity index (χ2v) is 10.7. The van der Waals surface area contributed by atoms with Gasteiger partial charge in [-0.1, -0.05) is 23.7 Å². The summed E-state index contributed by atoms with van der Waals surface area (Å²) in [5.74, 6) is 2.55. The minimum atomic E-state index is -0.245. The third-order valence-electron chi connectivity index (χ3n) is 7.82. The normalized spacial score (nSPS) is 22.2. The van der Waals surface area contributed by atoms with Crippen LogP contribution in [0.2, 0.25) is 5.02 Å². The van der Waals surface area contributed by atoms with Crippen LogP contribution in [0.5, 0.6) is 17.2 Å². The highest BCUT2D eigenvalue weighted by Gasteiger charge is 2.39. The minimum Gasteiger partial charge on any atom is -0.493 e. The molecule has 0 unspecified atom stereocenters. The van der Waals surface area contributed by atoms with Crippen molar-refractivity contribution in [2.45, 2.75) is 44.2 Å². The Labute approximate surface area is 230 Å². The van der Waals surface area contributed by atoms with Gasteiger partial charge in [0.1, 0.15) is 0 Å². The highest BCUT2D eigenvalue weighted by molar-refractivity contribution is 6.30. The summed E-state index contributed by atoms with van der Waals surface area (Å²) >= 11 is 6.05. The molecule has 2 N–H and O–H groups in total. The van der Waals surface area contributed by atoms with Crippen molar-refractivity contribution in [1.82, 2.24) is 10.2 Å². The SMILES string of the molecule is COC[C@H]1C[C@@H](NC(=O)Nc2cc(OC)c(OC)c(OC)c2)[C@@H](N2CCC(Cc3ccc(Cl)cc3)CC2)C1. The summed E-state index contributed by atoms with van der Waals surface area (Å²) in [6.45, 7) is 2.78. The number of carbonyl (C=O) groups is 1. The van der Waals surface area contributed by atoms with Crippen molar-refractivity contribution in [3.8, 4) is 17.2 Å². The van der Waals surface area contributed by atoms with Gasteiger partial charge in [-0.2, -0.15) is 0 Å². The lowest BCUT2D eigenvalue weighted by Gasteiger charge is -2.38. The Hall–Kier alpha value is -2.68. The van der Waals surface area contributed by atoms with Crippen molar-refractivity contribution in [3.63, 3.8) is 0 Å². The highest BCUT2D eigenvalue weighted by atomic mass is 35.5. The number of nitrogens with zero attached hydrogens (tertiary/aromatic N) is 1. The van der Waals surface area contributed by atoms with Crippen molar-refractivity contribution in [2.24, 2.45) is 11.8 Å². The molecule has 1 aliphatic heterocycles. The maximum Gasteiger partial charge on any atom is 0.319 e. The van der Waals surface area contributed by atoms with Crippen molar-refractivity contribution < 1.29 is 23.7 Å². The van der Waals surface area contributed by atoms with Crippen LogP contribution < -0.4 is 24.8 Å². The fourth-order valence-corrected chi connectivity index (χ4v) is 6.11. The predicted octanol–water partition coefficient (Wildman–Crippen LogP) is 5.24. The van der Waals surface area contributed by atoms with Crippen LogP contribution in [0.25, 0.3) is 0 Å². The van der Waals surface area contributed by atoms with Gasteiger partial charge in [0, 0.05) is 43.0 Å². The van der Waals surface area contributed by atoms with E-state index in [0.717, 1.165) is 50.2 Å². The molecule has 38 heavy (non-hydrogen) atoms. The predicted molar refractivity (Wildman–Crippen MR) is 150 cm³/mol. The monoisotopic (exact) mass is 545 g/mol. The molecule has 0 bridgehead atoms. The topological polar surface area (TPSA) is 81.3 Å². The first-order valence-electron chi connectivity index (χ1n) is 13.3. The number of carbonyl (C=O) groups excluding carboxylic acids is 1. The molecule has 2 fully saturated rings. The molecule has 0 aromatic heterocycles. The summed E-state index contributed by atoms with van der Waals surface area (Å²) in [4.78, 5) is 15.7. The van der Waals surface area contributed by atoms with Gasteiger partial charge in [0.15, 0.2) is 11.5 Å². The average Bonchev–Trinajstić information content (AvgIpc) is 3.31. The van der Waals surface area contributed by atoms with E-state index in [1.807, 2.05) is 12.1 Å². The molecular weight excluding hydrogens is 506 g/mol. The Bertz CT molecular complexity index is 1030. The Kier molecular flexibility index (Phi) is 9.99. The van der Waals surface area contributed by atoms with Crippen LogP contribution in [-0.4, -0.2) is 71.2 Å². The quantitative estimate of drug-likeness (QED) is 0.425. The molecule has 208 valence electrons. The standard InChI is InChI=1S/C29H40ClN3O5/c1-35-18-21-14-24(32-29(34)31-23-16-26(36-2)28(38-4)27(17-23)37-3)25(15-21)33-11-9-20(10-12-33)13-19-5-7-22(30)8-6-19/h5-8,16-17,20-21,24-25H,9-15,18H2,1-4H3,(H2,31,32,34)/t21-,24+,25-/m0/s1. The summed E-state index contributed by atoms with van der Waals surface area (Å²) in [5.41, 5.74) is 1.92. The van der Waals surface area contributed by atoms with E-state index in [9.17, 15) is 4.79 Å². The van der Waals surface area contributed by atoms with E-state index in [-0.39, 0.29) is 18.1 Å². The van der Waals surface area contributed by atoms with E-state index >= 15 is 0 Å². The Balaban J connectivity index is 1.37. The van der Waals surface area contributed by atoms with Gasteiger partial charge in [0.25, 0.3) is 0 Å². The van der Waals surface area contributed by atoms with Crippen LogP contribution >= 0.6 is 11.6 Å². The maximum absolute atomic E-state index is 13.1. The van der Waals surface area contributed by atoms with Gasteiger partial charge in [0.2, 0.25) is 5.75 Å². The number of piperidine rings is 1. The lowest BCUT2D eigenvalue weighted by Crippen LogP contribution is -2.52.